The van der Waals surface area contributed by atoms with Crippen molar-refractivity contribution in [2.45, 2.75) is 64.8 Å². The Morgan fingerprint density at radius 2 is 1.62 bits per heavy atom. The van der Waals surface area contributed by atoms with Gasteiger partial charge in [0.1, 0.15) is 11.7 Å². The van der Waals surface area contributed by atoms with E-state index in [-0.39, 0.29) is 56.2 Å². The number of aliphatic carboxylic acids is 1. The highest BCUT2D eigenvalue weighted by atomic mass is 16.6. The number of nitrogens with zero attached hydrogens (tertiary/aromatic N) is 4. The van der Waals surface area contributed by atoms with E-state index in [0.717, 1.165) is 32.1 Å². The number of hydrogen-bond donors (Lipinski definition) is 2. The van der Waals surface area contributed by atoms with Crippen LogP contribution in [0.1, 0.15) is 79.6 Å². The molecule has 3 rings (SSSR count). The minimum absolute atomic E-state index is 0.0626. The van der Waals surface area contributed by atoms with Crippen molar-refractivity contribution < 1.29 is 33.8 Å². The van der Waals surface area contributed by atoms with E-state index in [1.54, 1.807) is 18.0 Å². The van der Waals surface area contributed by atoms with Crippen LogP contribution in [0.4, 0.5) is 4.79 Å². The molecule has 12 nitrogen and oxygen atoms in total. The Balaban J connectivity index is 1.78. The number of hydrogen-bond acceptors (Lipinski definition) is 7. The fraction of sp³-hybridized carbons (Fsp3) is 0.515. The van der Waals surface area contributed by atoms with Crippen molar-refractivity contribution in [1.29, 1.82) is 0 Å². The summed E-state index contributed by atoms with van der Waals surface area (Å²) < 4.78 is 5.32. The molecule has 0 aliphatic carbocycles. The molecule has 1 aromatic carbocycles. The molecular weight excluding hydrogens is 578 g/mol. The van der Waals surface area contributed by atoms with Crippen molar-refractivity contribution in [2.75, 3.05) is 46.4 Å². The lowest BCUT2D eigenvalue weighted by atomic mass is 10.1. The van der Waals surface area contributed by atoms with Crippen LogP contribution in [0.3, 0.4) is 0 Å². The molecule has 244 valence electrons. The zero-order valence-electron chi connectivity index (χ0n) is 26.5. The maximum Gasteiger partial charge on any atom is 0.409 e. The van der Waals surface area contributed by atoms with Gasteiger partial charge >= 0.3 is 12.1 Å². The summed E-state index contributed by atoms with van der Waals surface area (Å²) in [4.78, 5) is 73.4. The minimum atomic E-state index is -1.14. The van der Waals surface area contributed by atoms with E-state index >= 15 is 0 Å². The molecule has 4 amide bonds. The predicted molar refractivity (Wildman–Crippen MR) is 169 cm³/mol. The zero-order chi connectivity index (χ0) is 32.8. The van der Waals surface area contributed by atoms with Crippen molar-refractivity contribution in [2.24, 2.45) is 0 Å². The largest absolute Gasteiger partial charge is 0.481 e. The number of aromatic nitrogens is 1. The summed E-state index contributed by atoms with van der Waals surface area (Å²) in [6, 6.07) is 11.0. The van der Waals surface area contributed by atoms with Crippen LogP contribution < -0.4 is 5.32 Å². The van der Waals surface area contributed by atoms with Crippen molar-refractivity contribution >= 4 is 29.8 Å². The van der Waals surface area contributed by atoms with Gasteiger partial charge in [0.05, 0.1) is 12.3 Å². The number of pyridine rings is 1. The van der Waals surface area contributed by atoms with Crippen LogP contribution in [0, 0.1) is 0 Å². The molecule has 1 aliphatic rings. The first kappa shape index (κ1) is 35.0. The Kier molecular flexibility index (Phi) is 13.8. The fourth-order valence-corrected chi connectivity index (χ4v) is 4.93. The van der Waals surface area contributed by atoms with Gasteiger partial charge in [-0.05, 0) is 31.4 Å². The van der Waals surface area contributed by atoms with Crippen LogP contribution in [-0.2, 0) is 14.3 Å². The van der Waals surface area contributed by atoms with Crippen molar-refractivity contribution in [3.8, 4) is 11.3 Å². The highest BCUT2D eigenvalue weighted by Gasteiger charge is 2.31. The second kappa shape index (κ2) is 17.7. The topological polar surface area (TPSA) is 149 Å². The molecule has 1 aliphatic heterocycles. The van der Waals surface area contributed by atoms with Gasteiger partial charge in [0.25, 0.3) is 11.8 Å². The number of carbonyl (C=O) groups is 5. The van der Waals surface area contributed by atoms with Crippen molar-refractivity contribution in [3.63, 3.8) is 0 Å². The number of benzene rings is 1. The van der Waals surface area contributed by atoms with E-state index in [1.807, 2.05) is 37.3 Å². The molecule has 0 radical (unpaired) electrons. The highest BCUT2D eigenvalue weighted by molar-refractivity contribution is 6.01. The van der Waals surface area contributed by atoms with Gasteiger partial charge in [-0.2, -0.15) is 0 Å². The summed E-state index contributed by atoms with van der Waals surface area (Å²) in [5.41, 5.74) is 1.34. The SMILES string of the molecule is CCCCCOC(=O)N1CCN(C(=O)[C@H](CCC(=O)O)NC(=O)c2cc(C(=O)N(C)CCCC)cc(-c3ccccc3)n2)CC1. The normalized spacial score (nSPS) is 13.6. The van der Waals surface area contributed by atoms with E-state index in [1.165, 1.54) is 15.9 Å². The highest BCUT2D eigenvalue weighted by Crippen LogP contribution is 2.21. The maximum absolute atomic E-state index is 13.6. The smallest absolute Gasteiger partial charge is 0.409 e. The fourth-order valence-electron chi connectivity index (χ4n) is 4.93. The first-order chi connectivity index (χ1) is 21.6. The number of amides is 4. The third-order valence-electron chi connectivity index (χ3n) is 7.64. The molecule has 0 unspecified atom stereocenters. The second-order valence-electron chi connectivity index (χ2n) is 11.2. The van der Waals surface area contributed by atoms with Crippen LogP contribution in [0.25, 0.3) is 11.3 Å². The van der Waals surface area contributed by atoms with E-state index in [2.05, 4.69) is 17.2 Å². The summed E-state index contributed by atoms with van der Waals surface area (Å²) in [6.07, 6.45) is 3.62. The van der Waals surface area contributed by atoms with Gasteiger partial charge in [-0.15, -0.1) is 0 Å². The molecule has 2 aromatic rings. The second-order valence-corrected chi connectivity index (χ2v) is 11.2. The van der Waals surface area contributed by atoms with Crippen molar-refractivity contribution in [1.82, 2.24) is 25.0 Å². The number of rotatable bonds is 15. The first-order valence-electron chi connectivity index (χ1n) is 15.7. The van der Waals surface area contributed by atoms with Gasteiger partial charge in [0.2, 0.25) is 5.91 Å². The number of ether oxygens (including phenoxy) is 1. The molecule has 2 N–H and O–H groups in total. The number of piperazine rings is 1. The molecule has 12 heteroatoms. The zero-order valence-corrected chi connectivity index (χ0v) is 26.5. The van der Waals surface area contributed by atoms with Gasteiger partial charge in [-0.1, -0.05) is 63.4 Å². The monoisotopic (exact) mass is 623 g/mol. The van der Waals surface area contributed by atoms with E-state index < -0.39 is 29.9 Å². The Morgan fingerprint density at radius 1 is 0.956 bits per heavy atom. The number of carboxylic acids is 1. The summed E-state index contributed by atoms with van der Waals surface area (Å²) in [5, 5.41) is 12.0. The van der Waals surface area contributed by atoms with Crippen molar-refractivity contribution in [3.05, 3.63) is 53.7 Å². The molecule has 1 fully saturated rings. The van der Waals surface area contributed by atoms with Crippen LogP contribution in [0.5, 0.6) is 0 Å². The molecule has 1 saturated heterocycles. The number of carboxylic acid groups (broad SMARTS) is 1. The standard InChI is InChI=1S/C33H45N5O7/c1-4-6-11-21-45-33(44)38-19-17-37(18-20-38)32(43)26(14-15-29(39)40)35-30(41)28-23-25(31(42)36(3)16-7-5-2)22-27(34-28)24-12-9-8-10-13-24/h8-10,12-13,22-23,26H,4-7,11,14-21H2,1-3H3,(H,35,41)(H,39,40)/t26-/m0/s1. The van der Waals surface area contributed by atoms with Gasteiger partial charge < -0.3 is 29.9 Å². The first-order valence-corrected chi connectivity index (χ1v) is 15.7. The maximum atomic E-state index is 13.6. The van der Waals surface area contributed by atoms with Crippen LogP contribution in [0.15, 0.2) is 42.5 Å². The lowest BCUT2D eigenvalue weighted by molar-refractivity contribution is -0.138. The summed E-state index contributed by atoms with van der Waals surface area (Å²) in [6.45, 7) is 5.94. The summed E-state index contributed by atoms with van der Waals surface area (Å²) in [7, 11) is 1.70. The number of unbranched alkanes of at least 4 members (excludes halogenated alkanes) is 3. The molecule has 0 saturated carbocycles. The quantitative estimate of drug-likeness (QED) is 0.282. The number of nitrogens with one attached hydrogen (secondary N) is 1. The lowest BCUT2D eigenvalue weighted by Gasteiger charge is -2.36. The summed E-state index contributed by atoms with van der Waals surface area (Å²) >= 11 is 0. The average Bonchev–Trinajstić information content (AvgIpc) is 3.06. The Morgan fingerprint density at radius 3 is 2.27 bits per heavy atom. The van der Waals surface area contributed by atoms with Gasteiger partial charge in [-0.3, -0.25) is 19.2 Å². The molecule has 1 aromatic heterocycles. The van der Waals surface area contributed by atoms with Gasteiger partial charge in [0, 0.05) is 57.3 Å². The van der Waals surface area contributed by atoms with Gasteiger partial charge in [-0.25, -0.2) is 9.78 Å². The minimum Gasteiger partial charge on any atom is -0.481 e. The Hall–Kier alpha value is -4.48. The van der Waals surface area contributed by atoms with E-state index in [0.29, 0.717) is 24.4 Å². The molecule has 1 atom stereocenters. The van der Waals surface area contributed by atoms with Crippen LogP contribution >= 0.6 is 0 Å². The lowest BCUT2D eigenvalue weighted by Crippen LogP contribution is -2.56. The third-order valence-corrected chi connectivity index (χ3v) is 7.64. The van der Waals surface area contributed by atoms with Gasteiger partial charge in [0.15, 0.2) is 0 Å². The van der Waals surface area contributed by atoms with Crippen LogP contribution in [-0.4, -0.2) is 107 Å². The third kappa shape index (κ3) is 10.6. The molecule has 2 heterocycles. The molecule has 0 spiro atoms. The number of carbonyl (C=O) groups excluding carboxylic acids is 4. The van der Waals surface area contributed by atoms with Crippen LogP contribution in [0.2, 0.25) is 0 Å². The Labute approximate surface area is 264 Å². The Bertz CT molecular complexity index is 1310. The van der Waals surface area contributed by atoms with E-state index in [9.17, 15) is 29.1 Å². The van der Waals surface area contributed by atoms with E-state index in [4.69, 9.17) is 4.74 Å². The molecule has 0 bridgehead atoms. The predicted octanol–water partition coefficient (Wildman–Crippen LogP) is 4.05. The average molecular weight is 624 g/mol. The molecule has 45 heavy (non-hydrogen) atoms. The summed E-state index contributed by atoms with van der Waals surface area (Å²) in [5.74, 6) is -2.52. The molecular formula is C33H45N5O7.